The normalized spacial score (nSPS) is 16.7. The summed E-state index contributed by atoms with van der Waals surface area (Å²) in [5, 5.41) is 7.42. The number of piperazine rings is 1. The van der Waals surface area contributed by atoms with E-state index in [9.17, 15) is 4.79 Å². The van der Waals surface area contributed by atoms with E-state index in [1.54, 1.807) is 4.68 Å². The lowest BCUT2D eigenvalue weighted by atomic mass is 10.1. The number of carbonyl (C=O) groups excluding carboxylic acids is 1. The number of carbonyl (C=O) groups is 1. The minimum Gasteiger partial charge on any atom is -0.354 e. The Bertz CT molecular complexity index is 706. The van der Waals surface area contributed by atoms with Crippen molar-refractivity contribution in [2.75, 3.05) is 37.6 Å². The van der Waals surface area contributed by atoms with Crippen LogP contribution in [0, 0.1) is 6.92 Å². The third kappa shape index (κ3) is 4.36. The Hall–Kier alpha value is -2.41. The summed E-state index contributed by atoms with van der Waals surface area (Å²) in [5.41, 5.74) is 2.02. The highest BCUT2D eigenvalue weighted by Crippen LogP contribution is 2.16. The number of nitrogens with zero attached hydrogens (tertiary/aromatic N) is 5. The highest BCUT2D eigenvalue weighted by molar-refractivity contribution is 5.78. The zero-order valence-corrected chi connectivity index (χ0v) is 15.1. The number of nitrogens with one attached hydrogen (secondary N) is 1. The molecule has 134 valence electrons. The van der Waals surface area contributed by atoms with Gasteiger partial charge in [-0.1, -0.05) is 6.07 Å². The predicted octanol–water partition coefficient (Wildman–Crippen LogP) is 1.12. The maximum atomic E-state index is 12.4. The van der Waals surface area contributed by atoms with Crippen molar-refractivity contribution in [2.24, 2.45) is 7.05 Å². The molecule has 0 bridgehead atoms. The molecule has 3 rings (SSSR count). The van der Waals surface area contributed by atoms with Gasteiger partial charge in [0.05, 0.1) is 18.3 Å². The van der Waals surface area contributed by atoms with E-state index < -0.39 is 0 Å². The van der Waals surface area contributed by atoms with E-state index in [-0.39, 0.29) is 11.9 Å². The van der Waals surface area contributed by atoms with Gasteiger partial charge in [-0.2, -0.15) is 5.10 Å². The van der Waals surface area contributed by atoms with E-state index in [2.05, 4.69) is 25.2 Å². The van der Waals surface area contributed by atoms with Crippen molar-refractivity contribution >= 4 is 11.7 Å². The van der Waals surface area contributed by atoms with Gasteiger partial charge >= 0.3 is 0 Å². The highest BCUT2D eigenvalue weighted by Gasteiger charge is 2.21. The summed E-state index contributed by atoms with van der Waals surface area (Å²) < 4.78 is 1.78. The summed E-state index contributed by atoms with van der Waals surface area (Å²) in [7, 11) is 1.89. The summed E-state index contributed by atoms with van der Waals surface area (Å²) in [5.74, 6) is 1.06. The number of hydrogen-bond acceptors (Lipinski definition) is 5. The lowest BCUT2D eigenvalue weighted by Crippen LogP contribution is -2.49. The number of amides is 1. The molecular formula is C18H26N6O. The Kier molecular flexibility index (Phi) is 5.33. The van der Waals surface area contributed by atoms with E-state index >= 15 is 0 Å². The number of anilines is 1. The predicted molar refractivity (Wildman–Crippen MR) is 97.4 cm³/mol. The number of aryl methyl sites for hydroxylation is 2. The summed E-state index contributed by atoms with van der Waals surface area (Å²) >= 11 is 0. The van der Waals surface area contributed by atoms with Gasteiger partial charge in [-0.25, -0.2) is 4.98 Å². The minimum absolute atomic E-state index is 0.0315. The first kappa shape index (κ1) is 17.4. The van der Waals surface area contributed by atoms with Gasteiger partial charge in [-0.15, -0.1) is 0 Å². The van der Waals surface area contributed by atoms with Crippen LogP contribution in [-0.2, 0) is 11.8 Å². The molecule has 0 aromatic carbocycles. The minimum atomic E-state index is -0.0315. The fraction of sp³-hybridized carbons (Fsp3) is 0.500. The van der Waals surface area contributed by atoms with Crippen molar-refractivity contribution in [1.29, 1.82) is 0 Å². The molecule has 0 aliphatic carbocycles. The first-order chi connectivity index (χ1) is 12.0. The molecule has 1 N–H and O–H groups in total. The number of rotatable bonds is 5. The van der Waals surface area contributed by atoms with Gasteiger partial charge in [0.15, 0.2) is 0 Å². The summed E-state index contributed by atoms with van der Waals surface area (Å²) in [6.07, 6.45) is 3.78. The smallest absolute Gasteiger partial charge is 0.234 e. The van der Waals surface area contributed by atoms with Crippen LogP contribution in [0.3, 0.4) is 0 Å². The van der Waals surface area contributed by atoms with Crippen molar-refractivity contribution in [3.05, 3.63) is 41.9 Å². The Morgan fingerprint density at radius 3 is 2.64 bits per heavy atom. The van der Waals surface area contributed by atoms with Gasteiger partial charge in [0.25, 0.3) is 0 Å². The van der Waals surface area contributed by atoms with Gasteiger partial charge in [0.2, 0.25) is 5.91 Å². The third-order valence-electron chi connectivity index (χ3n) is 4.61. The largest absolute Gasteiger partial charge is 0.354 e. The standard InChI is InChI=1S/C18H26N6O/c1-14(16-12-22(3)21-15(16)2)20-18(25)13-23-8-10-24(11-9-23)17-6-4-5-7-19-17/h4-7,12,14H,8-11,13H2,1-3H3,(H,20,25)/t14-/m1/s1. The second-order valence-electron chi connectivity index (χ2n) is 6.58. The SMILES string of the molecule is Cc1nn(C)cc1[C@@H](C)NC(=O)CN1CCN(c2ccccn2)CC1. The van der Waals surface area contributed by atoms with Crippen LogP contribution in [-0.4, -0.2) is 58.3 Å². The second kappa shape index (κ2) is 7.65. The first-order valence-corrected chi connectivity index (χ1v) is 8.71. The van der Waals surface area contributed by atoms with Gasteiger partial charge in [-0.3, -0.25) is 14.4 Å². The topological polar surface area (TPSA) is 66.3 Å². The average molecular weight is 342 g/mol. The molecule has 0 unspecified atom stereocenters. The van der Waals surface area contributed by atoms with Crippen molar-refractivity contribution < 1.29 is 4.79 Å². The molecule has 1 aliphatic heterocycles. The fourth-order valence-electron chi connectivity index (χ4n) is 3.29. The molecular weight excluding hydrogens is 316 g/mol. The molecule has 25 heavy (non-hydrogen) atoms. The van der Waals surface area contributed by atoms with Crippen LogP contribution in [0.2, 0.25) is 0 Å². The van der Waals surface area contributed by atoms with Gasteiger partial charge < -0.3 is 10.2 Å². The lowest BCUT2D eigenvalue weighted by Gasteiger charge is -2.35. The van der Waals surface area contributed by atoms with Crippen LogP contribution in [0.1, 0.15) is 24.2 Å². The van der Waals surface area contributed by atoms with Gasteiger partial charge in [0, 0.05) is 51.2 Å². The van der Waals surface area contributed by atoms with Crippen molar-refractivity contribution in [2.45, 2.75) is 19.9 Å². The Balaban J connectivity index is 1.47. The monoisotopic (exact) mass is 342 g/mol. The molecule has 3 heterocycles. The van der Waals surface area contributed by atoms with Crippen LogP contribution in [0.15, 0.2) is 30.6 Å². The van der Waals surface area contributed by atoms with Crippen molar-refractivity contribution in [3.63, 3.8) is 0 Å². The molecule has 1 aliphatic rings. The lowest BCUT2D eigenvalue weighted by molar-refractivity contribution is -0.123. The Morgan fingerprint density at radius 2 is 2.04 bits per heavy atom. The molecule has 0 saturated carbocycles. The summed E-state index contributed by atoms with van der Waals surface area (Å²) in [6, 6.07) is 5.93. The molecule has 0 radical (unpaired) electrons. The molecule has 7 heteroatoms. The van der Waals surface area contributed by atoms with E-state index in [1.165, 1.54) is 0 Å². The van der Waals surface area contributed by atoms with Crippen LogP contribution >= 0.6 is 0 Å². The summed E-state index contributed by atoms with van der Waals surface area (Å²) in [4.78, 5) is 21.2. The third-order valence-corrected chi connectivity index (χ3v) is 4.61. The van der Waals surface area contributed by atoms with Crippen LogP contribution in [0.4, 0.5) is 5.82 Å². The van der Waals surface area contributed by atoms with Gasteiger partial charge in [-0.05, 0) is 26.0 Å². The second-order valence-corrected chi connectivity index (χ2v) is 6.58. The zero-order chi connectivity index (χ0) is 17.8. The van der Waals surface area contributed by atoms with E-state index in [0.29, 0.717) is 6.54 Å². The quantitative estimate of drug-likeness (QED) is 0.882. The Labute approximate surface area is 148 Å². The molecule has 2 aromatic heterocycles. The number of pyridine rings is 1. The zero-order valence-electron chi connectivity index (χ0n) is 15.1. The average Bonchev–Trinajstić information content (AvgIpc) is 2.95. The maximum absolute atomic E-state index is 12.4. The van der Waals surface area contributed by atoms with Gasteiger partial charge in [0.1, 0.15) is 5.82 Å². The van der Waals surface area contributed by atoms with E-state index in [0.717, 1.165) is 43.3 Å². The Morgan fingerprint density at radius 1 is 1.28 bits per heavy atom. The molecule has 2 aromatic rings. The molecule has 7 nitrogen and oxygen atoms in total. The van der Waals surface area contributed by atoms with Crippen LogP contribution in [0.5, 0.6) is 0 Å². The van der Waals surface area contributed by atoms with E-state index in [1.807, 2.05) is 51.5 Å². The molecule has 1 atom stereocenters. The van der Waals surface area contributed by atoms with Crippen LogP contribution in [0.25, 0.3) is 0 Å². The molecule has 1 fully saturated rings. The maximum Gasteiger partial charge on any atom is 0.234 e. The number of hydrogen-bond donors (Lipinski definition) is 1. The first-order valence-electron chi connectivity index (χ1n) is 8.71. The fourth-order valence-corrected chi connectivity index (χ4v) is 3.29. The van der Waals surface area contributed by atoms with Crippen LogP contribution < -0.4 is 10.2 Å². The summed E-state index contributed by atoms with van der Waals surface area (Å²) in [6.45, 7) is 7.91. The molecule has 0 spiro atoms. The molecule has 1 saturated heterocycles. The van der Waals surface area contributed by atoms with E-state index in [4.69, 9.17) is 0 Å². The van der Waals surface area contributed by atoms with Crippen molar-refractivity contribution in [3.8, 4) is 0 Å². The molecule has 1 amide bonds. The number of aromatic nitrogens is 3. The van der Waals surface area contributed by atoms with Crippen molar-refractivity contribution in [1.82, 2.24) is 25.0 Å². The highest BCUT2D eigenvalue weighted by atomic mass is 16.2.